The van der Waals surface area contributed by atoms with E-state index in [-0.39, 0.29) is 24.8 Å². The van der Waals surface area contributed by atoms with E-state index in [1.807, 2.05) is 31.2 Å². The minimum atomic E-state index is 0. The average molecular weight is 279 g/mol. The molecule has 0 aliphatic carbocycles. The van der Waals surface area contributed by atoms with E-state index in [4.69, 9.17) is 5.73 Å². The summed E-state index contributed by atoms with van der Waals surface area (Å²) in [7, 11) is 1.75. The molecule has 0 aromatic heterocycles. The molecule has 0 fully saturated rings. The van der Waals surface area contributed by atoms with Crippen LogP contribution in [0.1, 0.15) is 12.5 Å². The quantitative estimate of drug-likeness (QED) is 0.586. The van der Waals surface area contributed by atoms with Gasteiger partial charge in [-0.15, -0.1) is 24.8 Å². The van der Waals surface area contributed by atoms with E-state index >= 15 is 0 Å². The highest BCUT2D eigenvalue weighted by Crippen LogP contribution is 2.09. The molecule has 0 unspecified atom stereocenters. The van der Waals surface area contributed by atoms with Gasteiger partial charge in [0, 0.05) is 25.8 Å². The van der Waals surface area contributed by atoms with Crippen molar-refractivity contribution < 1.29 is 0 Å². The lowest BCUT2D eigenvalue weighted by atomic mass is 10.2. The fraction of sp³-hybridized carbons (Fsp3) is 0.364. The number of nitrogens with two attached hydrogens (primary N) is 1. The predicted molar refractivity (Wildman–Crippen MR) is 79.5 cm³/mol. The molecule has 0 saturated heterocycles. The average Bonchev–Trinajstić information content (AvgIpc) is 2.29. The number of benzene rings is 1. The van der Waals surface area contributed by atoms with E-state index in [1.165, 1.54) is 0 Å². The number of halogens is 2. The minimum Gasteiger partial charge on any atom is -0.356 e. The molecule has 17 heavy (non-hydrogen) atoms. The van der Waals surface area contributed by atoms with Crippen molar-refractivity contribution in [1.82, 2.24) is 5.32 Å². The summed E-state index contributed by atoms with van der Waals surface area (Å²) in [5.74, 6) is 0.770. The third kappa shape index (κ3) is 6.36. The number of nitrogens with one attached hydrogen (secondary N) is 2. The third-order valence-corrected chi connectivity index (χ3v) is 1.99. The van der Waals surface area contributed by atoms with Crippen molar-refractivity contribution in [2.24, 2.45) is 10.7 Å². The van der Waals surface area contributed by atoms with E-state index in [1.54, 1.807) is 7.05 Å². The molecule has 0 atom stereocenters. The molecule has 0 saturated carbocycles. The van der Waals surface area contributed by atoms with Crippen LogP contribution >= 0.6 is 24.8 Å². The minimum absolute atomic E-state index is 0. The molecule has 0 aliphatic heterocycles. The first kappa shape index (κ1) is 18.4. The molecule has 6 heteroatoms. The summed E-state index contributed by atoms with van der Waals surface area (Å²) >= 11 is 0. The van der Waals surface area contributed by atoms with Crippen LogP contribution in [0.3, 0.4) is 0 Å². The number of hydrogen-bond acceptors (Lipinski definition) is 2. The maximum Gasteiger partial charge on any atom is 0.195 e. The van der Waals surface area contributed by atoms with Crippen molar-refractivity contribution >= 4 is 36.5 Å². The van der Waals surface area contributed by atoms with Gasteiger partial charge in [-0.05, 0) is 24.6 Å². The first-order valence-corrected chi connectivity index (χ1v) is 5.06. The molecule has 0 spiro atoms. The predicted octanol–water partition coefficient (Wildman–Crippen LogP) is 2.00. The number of guanidine groups is 1. The van der Waals surface area contributed by atoms with Crippen LogP contribution in [-0.4, -0.2) is 19.6 Å². The Morgan fingerprint density at radius 2 is 2.06 bits per heavy atom. The van der Waals surface area contributed by atoms with Crippen molar-refractivity contribution in [3.8, 4) is 0 Å². The molecule has 4 N–H and O–H groups in total. The maximum atomic E-state index is 5.57. The van der Waals surface area contributed by atoms with Crippen LogP contribution in [-0.2, 0) is 6.54 Å². The normalized spacial score (nSPS) is 9.94. The lowest BCUT2D eigenvalue weighted by molar-refractivity contribution is 0.957. The second-order valence-corrected chi connectivity index (χ2v) is 3.13. The van der Waals surface area contributed by atoms with Gasteiger partial charge in [0.25, 0.3) is 0 Å². The molecule has 0 aliphatic rings. The number of nitrogens with zero attached hydrogens (tertiary/aromatic N) is 1. The molecular formula is C11H20Cl2N4. The summed E-state index contributed by atoms with van der Waals surface area (Å²) in [5, 5.41) is 6.31. The summed E-state index contributed by atoms with van der Waals surface area (Å²) in [6.45, 7) is 3.43. The second-order valence-electron chi connectivity index (χ2n) is 3.13. The molecule has 4 nitrogen and oxygen atoms in total. The number of rotatable bonds is 3. The molecule has 0 radical (unpaired) electrons. The standard InChI is InChI=1S/C11H18N4.2ClH/c1-3-14-11(13-2)15-10-6-4-5-9(7-10)8-12;;/h4-7H,3,8,12H2,1-2H3,(H2,13,14,15);2*1H. The Morgan fingerprint density at radius 3 is 2.59 bits per heavy atom. The first-order chi connectivity index (χ1) is 7.30. The highest BCUT2D eigenvalue weighted by Gasteiger charge is 1.97. The molecule has 0 heterocycles. The van der Waals surface area contributed by atoms with Gasteiger partial charge in [-0.1, -0.05) is 12.1 Å². The van der Waals surface area contributed by atoms with Crippen molar-refractivity contribution in [3.05, 3.63) is 29.8 Å². The van der Waals surface area contributed by atoms with Crippen LogP contribution < -0.4 is 16.4 Å². The Balaban J connectivity index is 0. The molecule has 1 rings (SSSR count). The van der Waals surface area contributed by atoms with Crippen LogP contribution in [0.2, 0.25) is 0 Å². The van der Waals surface area contributed by atoms with Crippen molar-refractivity contribution in [1.29, 1.82) is 0 Å². The van der Waals surface area contributed by atoms with Gasteiger partial charge in [0.1, 0.15) is 0 Å². The highest BCUT2D eigenvalue weighted by molar-refractivity contribution is 5.93. The van der Waals surface area contributed by atoms with Crippen LogP contribution in [0, 0.1) is 0 Å². The second kappa shape index (κ2) is 10.2. The smallest absolute Gasteiger partial charge is 0.195 e. The molecule has 0 bridgehead atoms. The van der Waals surface area contributed by atoms with Crippen LogP contribution in [0.15, 0.2) is 29.3 Å². The molecule has 1 aromatic carbocycles. The highest BCUT2D eigenvalue weighted by atomic mass is 35.5. The van der Waals surface area contributed by atoms with Crippen LogP contribution in [0.4, 0.5) is 5.69 Å². The maximum absolute atomic E-state index is 5.57. The zero-order valence-corrected chi connectivity index (χ0v) is 11.7. The number of hydrogen-bond donors (Lipinski definition) is 3. The van der Waals surface area contributed by atoms with Gasteiger partial charge in [0.05, 0.1) is 0 Å². The summed E-state index contributed by atoms with van der Waals surface area (Å²) in [6, 6.07) is 7.98. The monoisotopic (exact) mass is 278 g/mol. The van der Waals surface area contributed by atoms with Crippen LogP contribution in [0.5, 0.6) is 0 Å². The Kier molecular flexibility index (Phi) is 11.0. The van der Waals surface area contributed by atoms with E-state index in [9.17, 15) is 0 Å². The molecule has 1 aromatic rings. The zero-order valence-electron chi connectivity index (χ0n) is 10.1. The van der Waals surface area contributed by atoms with Crippen molar-refractivity contribution in [2.75, 3.05) is 18.9 Å². The lowest BCUT2D eigenvalue weighted by Gasteiger charge is -2.10. The zero-order chi connectivity index (χ0) is 11.1. The Hall–Kier alpha value is -0.970. The summed E-state index contributed by atoms with van der Waals surface area (Å²) in [6.07, 6.45) is 0. The van der Waals surface area contributed by atoms with E-state index < -0.39 is 0 Å². The van der Waals surface area contributed by atoms with Gasteiger partial charge < -0.3 is 16.4 Å². The molecule has 98 valence electrons. The van der Waals surface area contributed by atoms with Crippen molar-refractivity contribution in [2.45, 2.75) is 13.5 Å². The van der Waals surface area contributed by atoms with Gasteiger partial charge in [0.15, 0.2) is 5.96 Å². The van der Waals surface area contributed by atoms with Gasteiger partial charge in [-0.3, -0.25) is 4.99 Å². The fourth-order valence-corrected chi connectivity index (χ4v) is 1.26. The Bertz CT molecular complexity index is 342. The third-order valence-electron chi connectivity index (χ3n) is 1.99. The largest absolute Gasteiger partial charge is 0.356 e. The van der Waals surface area contributed by atoms with E-state index in [2.05, 4.69) is 15.6 Å². The fourth-order valence-electron chi connectivity index (χ4n) is 1.26. The summed E-state index contributed by atoms with van der Waals surface area (Å²) < 4.78 is 0. The Morgan fingerprint density at radius 1 is 1.35 bits per heavy atom. The van der Waals surface area contributed by atoms with Gasteiger partial charge >= 0.3 is 0 Å². The van der Waals surface area contributed by atoms with E-state index in [0.717, 1.165) is 23.8 Å². The Labute approximate surface area is 115 Å². The number of aliphatic imine (C=N–C) groups is 1. The molecule has 0 amide bonds. The van der Waals surface area contributed by atoms with E-state index in [0.29, 0.717) is 6.54 Å². The summed E-state index contributed by atoms with van der Waals surface area (Å²) in [5.41, 5.74) is 7.67. The van der Waals surface area contributed by atoms with Crippen molar-refractivity contribution in [3.63, 3.8) is 0 Å². The molecular weight excluding hydrogens is 259 g/mol. The van der Waals surface area contributed by atoms with Crippen LogP contribution in [0.25, 0.3) is 0 Å². The summed E-state index contributed by atoms with van der Waals surface area (Å²) in [4.78, 5) is 4.09. The van der Waals surface area contributed by atoms with Gasteiger partial charge in [-0.2, -0.15) is 0 Å². The lowest BCUT2D eigenvalue weighted by Crippen LogP contribution is -2.30. The number of anilines is 1. The van der Waals surface area contributed by atoms with Gasteiger partial charge in [0.2, 0.25) is 0 Å². The van der Waals surface area contributed by atoms with Gasteiger partial charge in [-0.25, -0.2) is 0 Å². The first-order valence-electron chi connectivity index (χ1n) is 5.06. The SMILES string of the molecule is CCNC(=NC)Nc1cccc(CN)c1.Cl.Cl. The topological polar surface area (TPSA) is 62.4 Å².